The Morgan fingerprint density at radius 3 is 3.00 bits per heavy atom. The van der Waals surface area contributed by atoms with E-state index in [9.17, 15) is 4.79 Å². The maximum atomic E-state index is 11.8. The number of hydrogen-bond donors (Lipinski definition) is 2. The lowest BCUT2D eigenvalue weighted by molar-refractivity contribution is -0.125. The molecule has 1 saturated heterocycles. The Morgan fingerprint density at radius 1 is 1.37 bits per heavy atom. The molecule has 0 radical (unpaired) electrons. The van der Waals surface area contributed by atoms with Crippen LogP contribution in [0.2, 0.25) is 0 Å². The highest BCUT2D eigenvalue weighted by Gasteiger charge is 2.23. The van der Waals surface area contributed by atoms with Crippen molar-refractivity contribution in [2.45, 2.75) is 26.1 Å². The fourth-order valence-electron chi connectivity index (χ4n) is 2.53. The van der Waals surface area contributed by atoms with Crippen LogP contribution < -0.4 is 10.6 Å². The van der Waals surface area contributed by atoms with Gasteiger partial charge in [-0.05, 0) is 23.1 Å². The van der Waals surface area contributed by atoms with Crippen molar-refractivity contribution in [2.75, 3.05) is 13.2 Å². The fourth-order valence-corrected chi connectivity index (χ4v) is 2.53. The number of hydrogen-bond acceptors (Lipinski definition) is 3. The monoisotopic (exact) mass is 282 g/mol. The van der Waals surface area contributed by atoms with Gasteiger partial charge in [0.15, 0.2) is 0 Å². The third-order valence-corrected chi connectivity index (χ3v) is 3.67. The molecule has 0 aromatic heterocycles. The van der Waals surface area contributed by atoms with Gasteiger partial charge in [-0.2, -0.15) is 0 Å². The molecule has 5 heteroatoms. The van der Waals surface area contributed by atoms with Crippen LogP contribution in [0.5, 0.6) is 0 Å². The predicted octanol–water partition coefficient (Wildman–Crippen LogP) is 1.36. The molecular weight excluding hydrogens is 264 g/mol. The van der Waals surface area contributed by atoms with Crippen LogP contribution in [-0.2, 0) is 29.2 Å². The number of rotatable bonds is 3. The molecule has 104 valence electrons. The summed E-state index contributed by atoms with van der Waals surface area (Å²) < 4.78 is 5.22. The van der Waals surface area contributed by atoms with Crippen molar-refractivity contribution in [3.05, 3.63) is 34.9 Å². The van der Waals surface area contributed by atoms with Gasteiger partial charge in [0.05, 0.1) is 12.5 Å². The van der Waals surface area contributed by atoms with Crippen LogP contribution in [0.3, 0.4) is 0 Å². The molecule has 0 saturated carbocycles. The Bertz CT molecular complexity index is 459. The van der Waals surface area contributed by atoms with E-state index in [2.05, 4.69) is 28.8 Å². The smallest absolute Gasteiger partial charge is 0.225 e. The molecule has 1 atom stereocenters. The highest BCUT2D eigenvalue weighted by molar-refractivity contribution is 5.85. The SMILES string of the molecule is Cl.O=C(NCc1ccc2c(c1)CNC2)C1CCOC1. The summed E-state index contributed by atoms with van der Waals surface area (Å²) >= 11 is 0. The van der Waals surface area contributed by atoms with Gasteiger partial charge < -0.3 is 15.4 Å². The average Bonchev–Trinajstić information content (AvgIpc) is 3.05. The second-order valence-electron chi connectivity index (χ2n) is 4.98. The minimum absolute atomic E-state index is 0. The van der Waals surface area contributed by atoms with E-state index >= 15 is 0 Å². The molecule has 0 spiro atoms. The van der Waals surface area contributed by atoms with Crippen LogP contribution in [0.1, 0.15) is 23.1 Å². The predicted molar refractivity (Wildman–Crippen MR) is 75.0 cm³/mol. The summed E-state index contributed by atoms with van der Waals surface area (Å²) in [4.78, 5) is 11.8. The first-order chi connectivity index (χ1) is 8.83. The largest absolute Gasteiger partial charge is 0.381 e. The van der Waals surface area contributed by atoms with E-state index in [0.717, 1.165) is 19.5 Å². The molecule has 1 aromatic rings. The number of amides is 1. The number of nitrogens with one attached hydrogen (secondary N) is 2. The van der Waals surface area contributed by atoms with E-state index in [1.54, 1.807) is 0 Å². The van der Waals surface area contributed by atoms with Crippen molar-refractivity contribution >= 4 is 18.3 Å². The first-order valence-electron chi connectivity index (χ1n) is 6.50. The maximum Gasteiger partial charge on any atom is 0.225 e. The number of fused-ring (bicyclic) bond motifs is 1. The molecule has 3 rings (SSSR count). The van der Waals surface area contributed by atoms with Crippen LogP contribution in [-0.4, -0.2) is 19.1 Å². The number of benzene rings is 1. The molecule has 2 heterocycles. The Labute approximate surface area is 119 Å². The molecule has 1 amide bonds. The van der Waals surface area contributed by atoms with Gasteiger partial charge >= 0.3 is 0 Å². The topological polar surface area (TPSA) is 50.4 Å². The fraction of sp³-hybridized carbons (Fsp3) is 0.500. The number of halogens is 1. The molecule has 0 aliphatic carbocycles. The summed E-state index contributed by atoms with van der Waals surface area (Å²) in [6.07, 6.45) is 0.847. The van der Waals surface area contributed by atoms with Gasteiger partial charge in [-0.1, -0.05) is 18.2 Å². The molecule has 0 bridgehead atoms. The normalized spacial score (nSPS) is 20.7. The molecular formula is C14H19ClN2O2. The lowest BCUT2D eigenvalue weighted by Crippen LogP contribution is -2.30. The van der Waals surface area contributed by atoms with Crippen LogP contribution in [0, 0.1) is 5.92 Å². The Morgan fingerprint density at radius 2 is 2.21 bits per heavy atom. The van der Waals surface area contributed by atoms with Crippen LogP contribution in [0.15, 0.2) is 18.2 Å². The minimum atomic E-state index is 0. The highest BCUT2D eigenvalue weighted by atomic mass is 35.5. The lowest BCUT2D eigenvalue weighted by atomic mass is 10.1. The molecule has 19 heavy (non-hydrogen) atoms. The summed E-state index contributed by atoms with van der Waals surface area (Å²) in [5.41, 5.74) is 3.89. The van der Waals surface area contributed by atoms with E-state index < -0.39 is 0 Å². The van der Waals surface area contributed by atoms with Crippen molar-refractivity contribution in [1.82, 2.24) is 10.6 Å². The second-order valence-corrected chi connectivity index (χ2v) is 4.98. The molecule has 1 aromatic carbocycles. The Hall–Kier alpha value is -1.10. The van der Waals surface area contributed by atoms with Crippen LogP contribution in [0.4, 0.5) is 0 Å². The molecule has 2 aliphatic heterocycles. The standard InChI is InChI=1S/C14H18N2O2.ClH/c17-14(12-3-4-18-9-12)16-6-10-1-2-11-7-15-8-13(11)5-10;/h1-2,5,12,15H,3-4,6-9H2,(H,16,17);1H. The van der Waals surface area contributed by atoms with E-state index in [0.29, 0.717) is 19.8 Å². The van der Waals surface area contributed by atoms with Crippen molar-refractivity contribution in [2.24, 2.45) is 5.92 Å². The maximum absolute atomic E-state index is 11.8. The number of ether oxygens (including phenoxy) is 1. The van der Waals surface area contributed by atoms with Gasteiger partial charge in [0.25, 0.3) is 0 Å². The zero-order valence-corrected chi connectivity index (χ0v) is 11.6. The molecule has 2 aliphatic rings. The average molecular weight is 283 g/mol. The van der Waals surface area contributed by atoms with Gasteiger partial charge in [-0.3, -0.25) is 4.79 Å². The van der Waals surface area contributed by atoms with E-state index in [1.807, 2.05) is 0 Å². The van der Waals surface area contributed by atoms with Gasteiger partial charge in [0.2, 0.25) is 5.91 Å². The molecule has 4 nitrogen and oxygen atoms in total. The Balaban J connectivity index is 0.00000133. The second kappa shape index (κ2) is 6.37. The van der Waals surface area contributed by atoms with E-state index in [-0.39, 0.29) is 24.2 Å². The van der Waals surface area contributed by atoms with Crippen molar-refractivity contribution < 1.29 is 9.53 Å². The van der Waals surface area contributed by atoms with Gasteiger partial charge in [-0.25, -0.2) is 0 Å². The number of carbonyl (C=O) groups excluding carboxylic acids is 1. The van der Waals surface area contributed by atoms with E-state index in [1.165, 1.54) is 16.7 Å². The molecule has 1 unspecified atom stereocenters. The minimum Gasteiger partial charge on any atom is -0.381 e. The van der Waals surface area contributed by atoms with Crippen molar-refractivity contribution in [1.29, 1.82) is 0 Å². The van der Waals surface area contributed by atoms with Gasteiger partial charge in [-0.15, -0.1) is 12.4 Å². The van der Waals surface area contributed by atoms with Crippen LogP contribution >= 0.6 is 12.4 Å². The third kappa shape index (κ3) is 3.26. The summed E-state index contributed by atoms with van der Waals surface area (Å²) in [6.45, 7) is 3.79. The third-order valence-electron chi connectivity index (χ3n) is 3.67. The zero-order valence-electron chi connectivity index (χ0n) is 10.8. The highest BCUT2D eigenvalue weighted by Crippen LogP contribution is 2.17. The number of carbonyl (C=O) groups is 1. The first kappa shape index (κ1) is 14.3. The van der Waals surface area contributed by atoms with Crippen molar-refractivity contribution in [3.63, 3.8) is 0 Å². The quantitative estimate of drug-likeness (QED) is 0.880. The summed E-state index contributed by atoms with van der Waals surface area (Å²) in [7, 11) is 0. The van der Waals surface area contributed by atoms with Gasteiger partial charge in [0.1, 0.15) is 0 Å². The summed E-state index contributed by atoms with van der Waals surface area (Å²) in [5, 5.41) is 6.31. The zero-order chi connectivity index (χ0) is 12.4. The summed E-state index contributed by atoms with van der Waals surface area (Å²) in [6, 6.07) is 6.42. The van der Waals surface area contributed by atoms with Crippen LogP contribution in [0.25, 0.3) is 0 Å². The first-order valence-corrected chi connectivity index (χ1v) is 6.50. The lowest BCUT2D eigenvalue weighted by Gasteiger charge is -2.10. The summed E-state index contributed by atoms with van der Waals surface area (Å²) in [5.74, 6) is 0.159. The molecule has 1 fully saturated rings. The van der Waals surface area contributed by atoms with Crippen molar-refractivity contribution in [3.8, 4) is 0 Å². The molecule has 2 N–H and O–H groups in total. The Kier molecular flexibility index (Phi) is 4.80. The van der Waals surface area contributed by atoms with Gasteiger partial charge in [0, 0.05) is 26.2 Å². The van der Waals surface area contributed by atoms with E-state index in [4.69, 9.17) is 4.74 Å².